The molecule has 0 spiro atoms. The molecular weight excluding hydrogens is 245 g/mol. The van der Waals surface area contributed by atoms with Crippen LogP contribution >= 0.6 is 23.2 Å². The number of benzene rings is 1. The second kappa shape index (κ2) is 6.45. The lowest BCUT2D eigenvalue weighted by atomic mass is 9.89. The van der Waals surface area contributed by atoms with Crippen molar-refractivity contribution in [1.82, 2.24) is 0 Å². The number of halogens is 2. The van der Waals surface area contributed by atoms with Crippen LogP contribution in [-0.4, -0.2) is 18.3 Å². The lowest BCUT2D eigenvalue weighted by Crippen LogP contribution is -2.26. The van der Waals surface area contributed by atoms with Gasteiger partial charge in [0.05, 0.1) is 0 Å². The molecule has 0 heterocycles. The van der Waals surface area contributed by atoms with Crippen molar-refractivity contribution < 1.29 is 5.11 Å². The van der Waals surface area contributed by atoms with Gasteiger partial charge in [0.2, 0.25) is 0 Å². The molecule has 0 fully saturated rings. The van der Waals surface area contributed by atoms with Crippen LogP contribution in [0, 0.1) is 11.8 Å². The number of aliphatic hydroxyl groups excluding tert-OH is 1. The molecule has 1 rings (SSSR count). The van der Waals surface area contributed by atoms with E-state index in [1.54, 1.807) is 6.07 Å². The van der Waals surface area contributed by atoms with Gasteiger partial charge in [-0.1, -0.05) is 30.1 Å². The third kappa shape index (κ3) is 3.95. The molecule has 2 nitrogen and oxygen atoms in total. The van der Waals surface area contributed by atoms with Crippen LogP contribution in [0.2, 0.25) is 10.0 Å². The summed E-state index contributed by atoms with van der Waals surface area (Å²) in [6.07, 6.45) is 0.822. The summed E-state index contributed by atoms with van der Waals surface area (Å²) >= 11 is 11.8. The van der Waals surface area contributed by atoms with E-state index in [-0.39, 0.29) is 12.5 Å². The zero-order valence-corrected chi connectivity index (χ0v) is 10.8. The molecule has 0 aliphatic heterocycles. The number of aliphatic hydroxyl groups is 1. The minimum atomic E-state index is 0.117. The number of hydrogen-bond acceptors (Lipinski definition) is 2. The van der Waals surface area contributed by atoms with Gasteiger partial charge in [0.25, 0.3) is 0 Å². The molecular formula is C12H17Cl2NO. The molecule has 0 bridgehead atoms. The van der Waals surface area contributed by atoms with Gasteiger partial charge in [-0.3, -0.25) is 0 Å². The zero-order valence-electron chi connectivity index (χ0n) is 9.29. The SMILES string of the molecule is CC(Cc1cc(Cl)cc(Cl)c1)C(CN)CO. The summed E-state index contributed by atoms with van der Waals surface area (Å²) < 4.78 is 0. The van der Waals surface area contributed by atoms with E-state index < -0.39 is 0 Å². The van der Waals surface area contributed by atoms with Crippen LogP contribution in [0.15, 0.2) is 18.2 Å². The second-order valence-electron chi connectivity index (χ2n) is 4.14. The quantitative estimate of drug-likeness (QED) is 0.857. The molecule has 0 saturated carbocycles. The Morgan fingerprint density at radius 1 is 1.25 bits per heavy atom. The molecule has 0 aromatic heterocycles. The van der Waals surface area contributed by atoms with Crippen molar-refractivity contribution in [1.29, 1.82) is 0 Å². The summed E-state index contributed by atoms with van der Waals surface area (Å²) in [5.74, 6) is 0.433. The largest absolute Gasteiger partial charge is 0.396 e. The molecule has 0 saturated heterocycles. The maximum absolute atomic E-state index is 9.15. The van der Waals surface area contributed by atoms with E-state index >= 15 is 0 Å². The third-order valence-electron chi connectivity index (χ3n) is 2.82. The normalized spacial score (nSPS) is 14.8. The van der Waals surface area contributed by atoms with Gasteiger partial charge in [-0.25, -0.2) is 0 Å². The Labute approximate surface area is 106 Å². The molecule has 4 heteroatoms. The van der Waals surface area contributed by atoms with Gasteiger partial charge in [0.15, 0.2) is 0 Å². The second-order valence-corrected chi connectivity index (χ2v) is 5.01. The summed E-state index contributed by atoms with van der Waals surface area (Å²) in [5.41, 5.74) is 6.67. The summed E-state index contributed by atoms with van der Waals surface area (Å²) in [5, 5.41) is 10.4. The van der Waals surface area contributed by atoms with Crippen LogP contribution < -0.4 is 5.73 Å². The first-order valence-corrected chi connectivity index (χ1v) is 6.08. The van der Waals surface area contributed by atoms with E-state index in [0.717, 1.165) is 12.0 Å². The fraction of sp³-hybridized carbons (Fsp3) is 0.500. The molecule has 90 valence electrons. The van der Waals surface area contributed by atoms with Crippen molar-refractivity contribution in [3.8, 4) is 0 Å². The van der Waals surface area contributed by atoms with Crippen molar-refractivity contribution in [3.05, 3.63) is 33.8 Å². The molecule has 0 aliphatic rings. The molecule has 1 aromatic rings. The Hall–Kier alpha value is -0.280. The molecule has 2 unspecified atom stereocenters. The van der Waals surface area contributed by atoms with E-state index in [0.29, 0.717) is 22.5 Å². The first kappa shape index (κ1) is 13.8. The monoisotopic (exact) mass is 261 g/mol. The van der Waals surface area contributed by atoms with Crippen LogP contribution in [0.1, 0.15) is 12.5 Å². The molecule has 0 amide bonds. The van der Waals surface area contributed by atoms with Crippen molar-refractivity contribution in [2.75, 3.05) is 13.2 Å². The minimum Gasteiger partial charge on any atom is -0.396 e. The van der Waals surface area contributed by atoms with E-state index in [1.165, 1.54) is 0 Å². The smallest absolute Gasteiger partial charge is 0.0474 e. The Kier molecular flexibility index (Phi) is 5.56. The van der Waals surface area contributed by atoms with Crippen LogP contribution in [0.25, 0.3) is 0 Å². The lowest BCUT2D eigenvalue weighted by molar-refractivity contribution is 0.187. The van der Waals surface area contributed by atoms with Gasteiger partial charge in [0, 0.05) is 16.7 Å². The average molecular weight is 262 g/mol. The molecule has 0 aliphatic carbocycles. The van der Waals surface area contributed by atoms with Crippen LogP contribution in [0.5, 0.6) is 0 Å². The fourth-order valence-corrected chi connectivity index (χ4v) is 2.33. The van der Waals surface area contributed by atoms with E-state index in [2.05, 4.69) is 6.92 Å². The van der Waals surface area contributed by atoms with Crippen LogP contribution in [0.4, 0.5) is 0 Å². The number of hydrogen-bond donors (Lipinski definition) is 2. The van der Waals surface area contributed by atoms with Crippen molar-refractivity contribution in [2.45, 2.75) is 13.3 Å². The molecule has 1 aromatic carbocycles. The van der Waals surface area contributed by atoms with Crippen LogP contribution in [-0.2, 0) is 6.42 Å². The van der Waals surface area contributed by atoms with Crippen molar-refractivity contribution in [2.24, 2.45) is 17.6 Å². The summed E-state index contributed by atoms with van der Waals surface area (Å²) in [7, 11) is 0. The Bertz CT molecular complexity index is 320. The highest BCUT2D eigenvalue weighted by atomic mass is 35.5. The Balaban J connectivity index is 2.72. The number of nitrogens with two attached hydrogens (primary N) is 1. The van der Waals surface area contributed by atoms with Gasteiger partial charge in [-0.15, -0.1) is 0 Å². The molecule has 0 radical (unpaired) electrons. The van der Waals surface area contributed by atoms with Gasteiger partial charge >= 0.3 is 0 Å². The minimum absolute atomic E-state index is 0.117. The van der Waals surface area contributed by atoms with Gasteiger partial charge in [-0.2, -0.15) is 0 Å². The van der Waals surface area contributed by atoms with E-state index in [4.69, 9.17) is 34.0 Å². The summed E-state index contributed by atoms with van der Waals surface area (Å²) in [6.45, 7) is 2.68. The Morgan fingerprint density at radius 2 is 1.81 bits per heavy atom. The Morgan fingerprint density at radius 3 is 2.25 bits per heavy atom. The molecule has 16 heavy (non-hydrogen) atoms. The predicted octanol–water partition coefficient (Wildman–Crippen LogP) is 2.74. The average Bonchev–Trinajstić information content (AvgIpc) is 2.17. The van der Waals surface area contributed by atoms with Crippen LogP contribution in [0.3, 0.4) is 0 Å². The summed E-state index contributed by atoms with van der Waals surface area (Å²) in [6, 6.07) is 5.51. The lowest BCUT2D eigenvalue weighted by Gasteiger charge is -2.20. The van der Waals surface area contributed by atoms with Gasteiger partial charge in [-0.05, 0) is 48.6 Å². The predicted molar refractivity (Wildman–Crippen MR) is 69.0 cm³/mol. The van der Waals surface area contributed by atoms with Gasteiger partial charge in [0.1, 0.15) is 0 Å². The van der Waals surface area contributed by atoms with E-state index in [1.807, 2.05) is 12.1 Å². The molecule has 2 atom stereocenters. The fourth-order valence-electron chi connectivity index (χ4n) is 1.75. The molecule has 3 N–H and O–H groups in total. The van der Waals surface area contributed by atoms with Gasteiger partial charge < -0.3 is 10.8 Å². The van der Waals surface area contributed by atoms with E-state index in [9.17, 15) is 0 Å². The first-order chi connectivity index (χ1) is 7.56. The van der Waals surface area contributed by atoms with Crippen molar-refractivity contribution >= 4 is 23.2 Å². The maximum Gasteiger partial charge on any atom is 0.0474 e. The topological polar surface area (TPSA) is 46.2 Å². The van der Waals surface area contributed by atoms with Crippen molar-refractivity contribution in [3.63, 3.8) is 0 Å². The third-order valence-corrected chi connectivity index (χ3v) is 3.26. The highest BCUT2D eigenvalue weighted by Gasteiger charge is 2.15. The first-order valence-electron chi connectivity index (χ1n) is 5.32. The highest BCUT2D eigenvalue weighted by molar-refractivity contribution is 6.34. The zero-order chi connectivity index (χ0) is 12.1. The number of rotatable bonds is 5. The summed E-state index contributed by atoms with van der Waals surface area (Å²) in [4.78, 5) is 0. The maximum atomic E-state index is 9.15. The highest BCUT2D eigenvalue weighted by Crippen LogP contribution is 2.23. The standard InChI is InChI=1S/C12H17Cl2NO/c1-8(10(6-15)7-16)2-9-3-11(13)5-12(14)4-9/h3-5,8,10,16H,2,6-7,15H2,1H3.